The van der Waals surface area contributed by atoms with E-state index in [0.717, 1.165) is 5.56 Å². The van der Waals surface area contributed by atoms with Gasteiger partial charge in [-0.25, -0.2) is 9.18 Å². The van der Waals surface area contributed by atoms with E-state index in [1.165, 1.54) is 12.1 Å². The zero-order valence-electron chi connectivity index (χ0n) is 9.74. The number of carbonyl (C=O) groups is 1. The van der Waals surface area contributed by atoms with Crippen LogP contribution in [-0.4, -0.2) is 25.7 Å². The molecule has 1 aromatic rings. The highest BCUT2D eigenvalue weighted by atomic mass is 19.1. The molecule has 0 bridgehead atoms. The Morgan fingerprint density at radius 1 is 1.41 bits per heavy atom. The van der Waals surface area contributed by atoms with Crippen LogP contribution in [0.1, 0.15) is 12.5 Å². The maximum Gasteiger partial charge on any atom is 0.344 e. The minimum absolute atomic E-state index is 0.223. The Balaban J connectivity index is 2.61. The molecule has 0 atom stereocenters. The fraction of sp³-hybridized carbons (Fsp3) is 0.417. The molecule has 0 saturated carbocycles. The van der Waals surface area contributed by atoms with Gasteiger partial charge in [0.05, 0.1) is 6.61 Å². The van der Waals surface area contributed by atoms with E-state index in [2.05, 4.69) is 0 Å². The molecule has 0 radical (unpaired) electrons. The van der Waals surface area contributed by atoms with E-state index >= 15 is 0 Å². The van der Waals surface area contributed by atoms with Gasteiger partial charge in [-0.05, 0) is 37.6 Å². The Morgan fingerprint density at radius 2 is 2.18 bits per heavy atom. The Hall–Kier alpha value is -1.62. The maximum absolute atomic E-state index is 13.2. The van der Waals surface area contributed by atoms with Gasteiger partial charge >= 0.3 is 5.97 Å². The fourth-order valence-corrected chi connectivity index (χ4v) is 1.36. The highest BCUT2D eigenvalue weighted by molar-refractivity contribution is 5.71. The number of benzene rings is 1. The summed E-state index contributed by atoms with van der Waals surface area (Å²) in [6, 6.07) is 4.28. The second-order valence-electron chi connectivity index (χ2n) is 3.43. The Labute approximate surface area is 99.5 Å². The van der Waals surface area contributed by atoms with Crippen LogP contribution in [0.15, 0.2) is 18.2 Å². The number of ether oxygens (including phenoxy) is 2. The van der Waals surface area contributed by atoms with Crippen LogP contribution in [0, 0.1) is 5.82 Å². The van der Waals surface area contributed by atoms with Crippen LogP contribution in [0.5, 0.6) is 5.75 Å². The highest BCUT2D eigenvalue weighted by Crippen LogP contribution is 2.16. The number of hydrogen-bond donors (Lipinski definition) is 1. The zero-order chi connectivity index (χ0) is 12.7. The van der Waals surface area contributed by atoms with Gasteiger partial charge in [0.15, 0.2) is 6.61 Å². The molecule has 0 aliphatic heterocycles. The van der Waals surface area contributed by atoms with Crippen LogP contribution in [0.2, 0.25) is 0 Å². The topological polar surface area (TPSA) is 61.5 Å². The average molecular weight is 241 g/mol. The highest BCUT2D eigenvalue weighted by Gasteiger charge is 2.05. The predicted molar refractivity (Wildman–Crippen MR) is 61.3 cm³/mol. The number of nitrogens with two attached hydrogens (primary N) is 1. The van der Waals surface area contributed by atoms with Crippen LogP contribution in [0.4, 0.5) is 4.39 Å². The molecule has 1 aromatic carbocycles. The lowest BCUT2D eigenvalue weighted by molar-refractivity contribution is -0.145. The van der Waals surface area contributed by atoms with E-state index in [9.17, 15) is 9.18 Å². The predicted octanol–water partition coefficient (Wildman–Crippen LogP) is 1.27. The lowest BCUT2D eigenvalue weighted by atomic mass is 10.1. The standard InChI is InChI=1S/C12H16FNO3/c1-2-16-12(15)8-17-11-6-9(3-4-14)5-10(13)7-11/h5-7H,2-4,8,14H2,1H3. The third kappa shape index (κ3) is 4.82. The van der Waals surface area contributed by atoms with Crippen LogP contribution in [-0.2, 0) is 16.0 Å². The summed E-state index contributed by atoms with van der Waals surface area (Å²) in [6.45, 7) is 2.21. The molecule has 94 valence electrons. The third-order valence-corrected chi connectivity index (χ3v) is 2.03. The summed E-state index contributed by atoms with van der Waals surface area (Å²) < 4.78 is 23.0. The summed E-state index contributed by atoms with van der Waals surface area (Å²) in [6.07, 6.45) is 0.563. The molecule has 0 saturated heterocycles. The molecular formula is C12H16FNO3. The molecule has 0 unspecified atom stereocenters. The van der Waals surface area contributed by atoms with E-state index in [-0.39, 0.29) is 6.61 Å². The Morgan fingerprint density at radius 3 is 2.82 bits per heavy atom. The first-order valence-corrected chi connectivity index (χ1v) is 5.43. The fourth-order valence-electron chi connectivity index (χ4n) is 1.36. The lowest BCUT2D eigenvalue weighted by Crippen LogP contribution is -2.14. The number of halogens is 1. The quantitative estimate of drug-likeness (QED) is 0.762. The van der Waals surface area contributed by atoms with E-state index in [0.29, 0.717) is 25.3 Å². The van der Waals surface area contributed by atoms with E-state index < -0.39 is 11.8 Å². The number of rotatable bonds is 6. The summed E-state index contributed by atoms with van der Waals surface area (Å²) in [4.78, 5) is 11.1. The summed E-state index contributed by atoms with van der Waals surface area (Å²) in [7, 11) is 0. The summed E-state index contributed by atoms with van der Waals surface area (Å²) in [5.41, 5.74) is 6.13. The number of esters is 1. The normalized spacial score (nSPS) is 10.1. The van der Waals surface area contributed by atoms with Crippen molar-refractivity contribution >= 4 is 5.97 Å². The molecule has 5 heteroatoms. The smallest absolute Gasteiger partial charge is 0.344 e. The van der Waals surface area contributed by atoms with Gasteiger partial charge in [0.1, 0.15) is 11.6 Å². The summed E-state index contributed by atoms with van der Waals surface area (Å²) in [5.74, 6) is -0.576. The van der Waals surface area contributed by atoms with E-state index in [1.54, 1.807) is 13.0 Å². The van der Waals surface area contributed by atoms with Crippen LogP contribution >= 0.6 is 0 Å². The molecule has 4 nitrogen and oxygen atoms in total. The van der Waals surface area contributed by atoms with Crippen molar-refractivity contribution in [1.29, 1.82) is 0 Å². The van der Waals surface area contributed by atoms with Crippen LogP contribution in [0.3, 0.4) is 0 Å². The van der Waals surface area contributed by atoms with Gasteiger partial charge in [0.25, 0.3) is 0 Å². The van der Waals surface area contributed by atoms with Crippen molar-refractivity contribution in [3.8, 4) is 5.75 Å². The molecule has 0 amide bonds. The average Bonchev–Trinajstić information content (AvgIpc) is 2.26. The van der Waals surface area contributed by atoms with Gasteiger partial charge < -0.3 is 15.2 Å². The summed E-state index contributed by atoms with van der Waals surface area (Å²) >= 11 is 0. The minimum atomic E-state index is -0.475. The zero-order valence-corrected chi connectivity index (χ0v) is 9.74. The number of hydrogen-bond acceptors (Lipinski definition) is 4. The molecule has 0 aliphatic carbocycles. The van der Waals surface area contributed by atoms with Gasteiger partial charge in [-0.2, -0.15) is 0 Å². The largest absolute Gasteiger partial charge is 0.482 e. The molecule has 17 heavy (non-hydrogen) atoms. The lowest BCUT2D eigenvalue weighted by Gasteiger charge is -2.07. The molecule has 0 aromatic heterocycles. The van der Waals surface area contributed by atoms with E-state index in [4.69, 9.17) is 15.2 Å². The second-order valence-corrected chi connectivity index (χ2v) is 3.43. The van der Waals surface area contributed by atoms with Gasteiger partial charge in [-0.1, -0.05) is 0 Å². The van der Waals surface area contributed by atoms with Crippen LogP contribution in [0.25, 0.3) is 0 Å². The van der Waals surface area contributed by atoms with Gasteiger partial charge in [0.2, 0.25) is 0 Å². The van der Waals surface area contributed by atoms with E-state index in [1.807, 2.05) is 0 Å². The molecule has 0 spiro atoms. The van der Waals surface area contributed by atoms with Crippen molar-refractivity contribution in [3.05, 3.63) is 29.6 Å². The van der Waals surface area contributed by atoms with Gasteiger partial charge in [-0.3, -0.25) is 0 Å². The minimum Gasteiger partial charge on any atom is -0.482 e. The first-order valence-electron chi connectivity index (χ1n) is 5.43. The third-order valence-electron chi connectivity index (χ3n) is 2.03. The van der Waals surface area contributed by atoms with Crippen molar-refractivity contribution in [1.82, 2.24) is 0 Å². The number of carbonyl (C=O) groups excluding carboxylic acids is 1. The molecule has 2 N–H and O–H groups in total. The molecular weight excluding hydrogens is 225 g/mol. The van der Waals surface area contributed by atoms with Crippen LogP contribution < -0.4 is 10.5 Å². The second kappa shape index (κ2) is 6.85. The maximum atomic E-state index is 13.2. The van der Waals surface area contributed by atoms with Crippen molar-refractivity contribution in [2.45, 2.75) is 13.3 Å². The summed E-state index contributed by atoms with van der Waals surface area (Å²) in [5, 5.41) is 0. The van der Waals surface area contributed by atoms with Crippen molar-refractivity contribution in [2.24, 2.45) is 5.73 Å². The van der Waals surface area contributed by atoms with Crippen molar-refractivity contribution < 1.29 is 18.7 Å². The molecule has 0 heterocycles. The monoisotopic (exact) mass is 241 g/mol. The first-order chi connectivity index (χ1) is 8.15. The first kappa shape index (κ1) is 13.4. The Kier molecular flexibility index (Phi) is 5.42. The molecule has 0 fully saturated rings. The van der Waals surface area contributed by atoms with Gasteiger partial charge in [0, 0.05) is 6.07 Å². The van der Waals surface area contributed by atoms with Crippen molar-refractivity contribution in [3.63, 3.8) is 0 Å². The SMILES string of the molecule is CCOC(=O)COc1cc(F)cc(CCN)c1. The van der Waals surface area contributed by atoms with Gasteiger partial charge in [-0.15, -0.1) is 0 Å². The molecule has 0 aliphatic rings. The Bertz CT molecular complexity index is 382. The molecule has 1 rings (SSSR count). The van der Waals surface area contributed by atoms with Crippen molar-refractivity contribution in [2.75, 3.05) is 19.8 Å².